The quantitative estimate of drug-likeness (QED) is 0.724. The summed E-state index contributed by atoms with van der Waals surface area (Å²) in [6, 6.07) is 8.40. The summed E-state index contributed by atoms with van der Waals surface area (Å²) < 4.78 is 1.21. The third kappa shape index (κ3) is 1.59. The fourth-order valence-electron chi connectivity index (χ4n) is 1.30. The molecule has 0 radical (unpaired) electrons. The summed E-state index contributed by atoms with van der Waals surface area (Å²) in [5.74, 6) is 2.32. The van der Waals surface area contributed by atoms with Gasteiger partial charge >= 0.3 is 0 Å². The highest BCUT2D eigenvalue weighted by Gasteiger charge is 2.09. The van der Waals surface area contributed by atoms with Gasteiger partial charge in [0.25, 0.3) is 0 Å². The third-order valence-electron chi connectivity index (χ3n) is 1.92. The van der Waals surface area contributed by atoms with E-state index in [2.05, 4.69) is 46.3 Å². The van der Waals surface area contributed by atoms with Crippen LogP contribution in [0.1, 0.15) is 5.56 Å². The first kappa shape index (κ1) is 8.39. The van der Waals surface area contributed by atoms with Crippen LogP contribution >= 0.6 is 27.7 Å². The zero-order valence-electron chi connectivity index (χ0n) is 6.59. The van der Waals surface area contributed by atoms with Crippen molar-refractivity contribution in [3.63, 3.8) is 0 Å². The molecule has 0 nitrogen and oxygen atoms in total. The Balaban J connectivity index is 2.39. The number of benzene rings is 1. The molecule has 0 fully saturated rings. The number of hydrogen-bond acceptors (Lipinski definition) is 1. The van der Waals surface area contributed by atoms with Gasteiger partial charge in [-0.15, -0.1) is 0 Å². The molecule has 62 valence electrons. The number of halogens is 1. The van der Waals surface area contributed by atoms with E-state index in [0.29, 0.717) is 0 Å². The highest BCUT2D eigenvalue weighted by atomic mass is 79.9. The molecule has 0 bridgehead atoms. The van der Waals surface area contributed by atoms with E-state index in [4.69, 9.17) is 0 Å². The highest BCUT2D eigenvalue weighted by Crippen LogP contribution is 2.30. The maximum absolute atomic E-state index is 3.56. The average Bonchev–Trinajstić information content (AvgIpc) is 2.57. The number of thioether (sulfide) groups is 1. The van der Waals surface area contributed by atoms with Gasteiger partial charge in [-0.3, -0.25) is 0 Å². The normalized spacial score (nSPS) is 16.2. The molecule has 0 N–H and O–H groups in total. The fraction of sp³-hybridized carbons (Fsp3) is 0.200. The van der Waals surface area contributed by atoms with Gasteiger partial charge in [0.15, 0.2) is 0 Å². The van der Waals surface area contributed by atoms with Crippen LogP contribution in [-0.2, 0) is 0 Å². The number of rotatable bonds is 1. The molecular formula is C10H9BrS. The van der Waals surface area contributed by atoms with Gasteiger partial charge in [0.2, 0.25) is 0 Å². The van der Waals surface area contributed by atoms with Crippen molar-refractivity contribution in [2.45, 2.75) is 0 Å². The lowest BCUT2D eigenvalue weighted by molar-refractivity contribution is 1.54. The summed E-state index contributed by atoms with van der Waals surface area (Å²) in [7, 11) is 0. The van der Waals surface area contributed by atoms with Crippen LogP contribution in [0, 0.1) is 0 Å². The summed E-state index contributed by atoms with van der Waals surface area (Å²) >= 11 is 5.53. The lowest BCUT2D eigenvalue weighted by Crippen LogP contribution is -1.84. The van der Waals surface area contributed by atoms with Gasteiger partial charge in [-0.1, -0.05) is 40.2 Å². The molecule has 0 aliphatic carbocycles. The second-order valence-electron chi connectivity index (χ2n) is 2.72. The van der Waals surface area contributed by atoms with Crippen LogP contribution in [0.2, 0.25) is 0 Å². The zero-order chi connectivity index (χ0) is 8.39. The molecular weight excluding hydrogens is 232 g/mol. The fourth-order valence-corrected chi connectivity index (χ4v) is 2.77. The smallest absolute Gasteiger partial charge is 0.0250 e. The van der Waals surface area contributed by atoms with Crippen molar-refractivity contribution in [3.05, 3.63) is 40.4 Å². The molecule has 2 rings (SSSR count). The molecule has 0 saturated heterocycles. The molecule has 0 spiro atoms. The minimum absolute atomic E-state index is 1.16. The van der Waals surface area contributed by atoms with Gasteiger partial charge < -0.3 is 0 Å². The topological polar surface area (TPSA) is 0 Å². The first-order valence-electron chi connectivity index (χ1n) is 3.89. The van der Waals surface area contributed by atoms with Crippen LogP contribution in [0.3, 0.4) is 0 Å². The highest BCUT2D eigenvalue weighted by molar-refractivity contribution is 9.10. The Kier molecular flexibility index (Phi) is 2.57. The standard InChI is InChI=1S/C10H9BrS/c11-10-4-2-1-3-9(10)8-5-6-12-7-8/h1-5H,6-7H2. The molecule has 0 atom stereocenters. The van der Waals surface area contributed by atoms with Gasteiger partial charge in [0, 0.05) is 16.0 Å². The van der Waals surface area contributed by atoms with Gasteiger partial charge in [0.1, 0.15) is 0 Å². The van der Waals surface area contributed by atoms with E-state index in [0.717, 1.165) is 11.5 Å². The van der Waals surface area contributed by atoms with E-state index in [1.807, 2.05) is 11.8 Å². The van der Waals surface area contributed by atoms with E-state index in [9.17, 15) is 0 Å². The molecule has 12 heavy (non-hydrogen) atoms. The van der Waals surface area contributed by atoms with E-state index in [-0.39, 0.29) is 0 Å². The Morgan fingerprint density at radius 3 is 2.75 bits per heavy atom. The van der Waals surface area contributed by atoms with Crippen molar-refractivity contribution in [2.75, 3.05) is 11.5 Å². The molecule has 0 unspecified atom stereocenters. The van der Waals surface area contributed by atoms with Gasteiger partial charge in [-0.05, 0) is 17.2 Å². The number of hydrogen-bond donors (Lipinski definition) is 0. The molecule has 2 heteroatoms. The summed E-state index contributed by atoms with van der Waals surface area (Å²) in [6.45, 7) is 0. The maximum atomic E-state index is 3.56. The minimum Gasteiger partial charge on any atom is -0.153 e. The average molecular weight is 241 g/mol. The molecule has 0 aromatic heterocycles. The van der Waals surface area contributed by atoms with E-state index in [1.54, 1.807) is 0 Å². The summed E-state index contributed by atoms with van der Waals surface area (Å²) in [5.41, 5.74) is 2.81. The molecule has 1 heterocycles. The predicted molar refractivity (Wildman–Crippen MR) is 59.4 cm³/mol. The molecule has 1 aromatic carbocycles. The van der Waals surface area contributed by atoms with Crippen molar-refractivity contribution >= 4 is 33.3 Å². The Morgan fingerprint density at radius 1 is 1.25 bits per heavy atom. The van der Waals surface area contributed by atoms with E-state index in [1.165, 1.54) is 15.6 Å². The summed E-state index contributed by atoms with van der Waals surface area (Å²) in [5, 5.41) is 0. The third-order valence-corrected chi connectivity index (χ3v) is 3.53. The molecule has 1 aromatic rings. The monoisotopic (exact) mass is 240 g/mol. The van der Waals surface area contributed by atoms with Crippen molar-refractivity contribution in [1.29, 1.82) is 0 Å². The Bertz CT molecular complexity index is 317. The minimum atomic E-state index is 1.16. The first-order valence-corrected chi connectivity index (χ1v) is 5.84. The van der Waals surface area contributed by atoms with Crippen molar-refractivity contribution in [1.82, 2.24) is 0 Å². The van der Waals surface area contributed by atoms with Crippen LogP contribution in [0.4, 0.5) is 0 Å². The van der Waals surface area contributed by atoms with Crippen LogP contribution < -0.4 is 0 Å². The van der Waals surface area contributed by atoms with Gasteiger partial charge in [-0.25, -0.2) is 0 Å². The van der Waals surface area contributed by atoms with Crippen LogP contribution in [-0.4, -0.2) is 11.5 Å². The predicted octanol–water partition coefficient (Wildman–Crippen LogP) is 3.58. The zero-order valence-corrected chi connectivity index (χ0v) is 8.99. The van der Waals surface area contributed by atoms with Crippen molar-refractivity contribution in [3.8, 4) is 0 Å². The largest absolute Gasteiger partial charge is 0.153 e. The van der Waals surface area contributed by atoms with E-state index < -0.39 is 0 Å². The maximum Gasteiger partial charge on any atom is 0.0250 e. The molecule has 1 aliphatic rings. The lowest BCUT2D eigenvalue weighted by Gasteiger charge is -2.03. The second-order valence-corrected chi connectivity index (χ2v) is 4.61. The molecule has 1 aliphatic heterocycles. The first-order chi connectivity index (χ1) is 5.88. The molecule has 0 amide bonds. The second kappa shape index (κ2) is 3.67. The lowest BCUT2D eigenvalue weighted by atomic mass is 10.1. The van der Waals surface area contributed by atoms with Crippen LogP contribution in [0.5, 0.6) is 0 Å². The Hall–Kier alpha value is -0.210. The Morgan fingerprint density at radius 2 is 2.08 bits per heavy atom. The SMILES string of the molecule is Brc1ccccc1C1=CCSC1. The van der Waals surface area contributed by atoms with Crippen molar-refractivity contribution in [2.24, 2.45) is 0 Å². The summed E-state index contributed by atoms with van der Waals surface area (Å²) in [6.07, 6.45) is 2.31. The van der Waals surface area contributed by atoms with E-state index >= 15 is 0 Å². The Labute approximate surface area is 85.2 Å². The van der Waals surface area contributed by atoms with Gasteiger partial charge in [-0.2, -0.15) is 11.8 Å². The van der Waals surface area contributed by atoms with Gasteiger partial charge in [0.05, 0.1) is 0 Å². The summed E-state index contributed by atoms with van der Waals surface area (Å²) in [4.78, 5) is 0. The van der Waals surface area contributed by atoms with Crippen LogP contribution in [0.25, 0.3) is 5.57 Å². The van der Waals surface area contributed by atoms with Crippen molar-refractivity contribution < 1.29 is 0 Å². The van der Waals surface area contributed by atoms with Crippen LogP contribution in [0.15, 0.2) is 34.8 Å². The molecule has 0 saturated carbocycles.